The van der Waals surface area contributed by atoms with E-state index in [-0.39, 0.29) is 11.9 Å². The number of alkyl halides is 1. The average molecular weight is 570 g/mol. The summed E-state index contributed by atoms with van der Waals surface area (Å²) in [5.41, 5.74) is 4.95. The molecule has 2 aromatic heterocycles. The predicted molar refractivity (Wildman–Crippen MR) is 147 cm³/mol. The Hall–Kier alpha value is -3.72. The number of benzene rings is 2. The summed E-state index contributed by atoms with van der Waals surface area (Å²) in [5.74, 6) is -0.704. The van der Waals surface area contributed by atoms with Crippen LogP contribution in [0.4, 0.5) is 0 Å². The summed E-state index contributed by atoms with van der Waals surface area (Å²) in [7, 11) is 0. The van der Waals surface area contributed by atoms with Gasteiger partial charge in [-0.1, -0.05) is 76.6 Å². The van der Waals surface area contributed by atoms with Gasteiger partial charge < -0.3 is 9.47 Å². The third-order valence-corrected chi connectivity index (χ3v) is 5.55. The number of ether oxygens (including phenoxy) is 2. The molecule has 1 N–H and O–H groups in total. The van der Waals surface area contributed by atoms with E-state index < -0.39 is 0 Å². The largest absolute Gasteiger partial charge is 0.461 e. The fourth-order valence-corrected chi connectivity index (χ4v) is 3.47. The molecule has 37 heavy (non-hydrogen) atoms. The maximum atomic E-state index is 11.6. The Morgan fingerprint density at radius 2 is 1.43 bits per heavy atom. The SMILES string of the molecule is BrCc1ccccc1.CCOC(=O)c1[nH]ncc1C.CCOC(=O)c1nn(Cc2ccccc2)cc1C. The van der Waals surface area contributed by atoms with E-state index in [1.54, 1.807) is 31.6 Å². The zero-order chi connectivity index (χ0) is 27.0. The maximum Gasteiger partial charge on any atom is 0.359 e. The fraction of sp³-hybridized carbons (Fsp3) is 0.286. The Balaban J connectivity index is 0.000000215. The van der Waals surface area contributed by atoms with Crippen molar-refractivity contribution in [3.05, 3.63) is 107 Å². The first-order valence-corrected chi connectivity index (χ1v) is 13.0. The van der Waals surface area contributed by atoms with Crippen molar-refractivity contribution in [3.8, 4) is 0 Å². The van der Waals surface area contributed by atoms with Gasteiger partial charge >= 0.3 is 11.9 Å². The van der Waals surface area contributed by atoms with Gasteiger partial charge in [0.1, 0.15) is 5.69 Å². The highest BCUT2D eigenvalue weighted by Crippen LogP contribution is 2.09. The number of halogens is 1. The molecule has 0 unspecified atom stereocenters. The maximum absolute atomic E-state index is 11.6. The molecule has 4 rings (SSSR count). The number of hydrogen-bond acceptors (Lipinski definition) is 6. The Bertz CT molecular complexity index is 1220. The number of carbonyl (C=O) groups is 2. The van der Waals surface area contributed by atoms with Crippen LogP contribution in [0.3, 0.4) is 0 Å². The Morgan fingerprint density at radius 3 is 1.92 bits per heavy atom. The summed E-state index contributed by atoms with van der Waals surface area (Å²) < 4.78 is 11.5. The van der Waals surface area contributed by atoms with Crippen LogP contribution in [0.1, 0.15) is 57.1 Å². The smallest absolute Gasteiger partial charge is 0.359 e. The predicted octanol–water partition coefficient (Wildman–Crippen LogP) is 5.89. The van der Waals surface area contributed by atoms with Gasteiger partial charge in [-0.2, -0.15) is 10.2 Å². The first-order valence-electron chi connectivity index (χ1n) is 11.9. The molecule has 0 aliphatic rings. The average Bonchev–Trinajstić information content (AvgIpc) is 3.51. The summed E-state index contributed by atoms with van der Waals surface area (Å²) >= 11 is 3.36. The van der Waals surface area contributed by atoms with E-state index in [9.17, 15) is 9.59 Å². The van der Waals surface area contributed by atoms with Gasteiger partial charge in [0.2, 0.25) is 0 Å². The van der Waals surface area contributed by atoms with E-state index in [1.807, 2.05) is 61.7 Å². The molecule has 0 saturated carbocycles. The summed E-state index contributed by atoms with van der Waals surface area (Å²) in [6.45, 7) is 8.62. The second kappa shape index (κ2) is 16.1. The molecule has 0 radical (unpaired) electrons. The van der Waals surface area contributed by atoms with Crippen LogP contribution >= 0.6 is 15.9 Å². The van der Waals surface area contributed by atoms with Crippen molar-refractivity contribution >= 4 is 27.9 Å². The van der Waals surface area contributed by atoms with Gasteiger partial charge in [-0.25, -0.2) is 9.59 Å². The standard InChI is InChI=1S/C14H16N2O2.C7H7Br.C7H10N2O2/c1-3-18-14(17)13-11(2)9-16(15-13)10-12-7-5-4-6-8-12;8-6-7-4-2-1-3-5-7;1-3-11-7(10)6-5(2)4-8-9-6/h4-9H,3,10H2,1-2H3;1-5H,6H2;4H,3H2,1-2H3,(H,8,9). The minimum absolute atomic E-state index is 0.345. The van der Waals surface area contributed by atoms with Crippen LogP contribution in [0.5, 0.6) is 0 Å². The normalized spacial score (nSPS) is 9.86. The number of rotatable bonds is 7. The molecule has 2 heterocycles. The second-order valence-electron chi connectivity index (χ2n) is 7.83. The van der Waals surface area contributed by atoms with E-state index in [1.165, 1.54) is 5.56 Å². The molecule has 0 atom stereocenters. The van der Waals surface area contributed by atoms with Crippen LogP contribution < -0.4 is 0 Å². The number of nitrogens with one attached hydrogen (secondary N) is 1. The quantitative estimate of drug-likeness (QED) is 0.220. The highest BCUT2D eigenvalue weighted by molar-refractivity contribution is 9.08. The van der Waals surface area contributed by atoms with Crippen LogP contribution in [0, 0.1) is 13.8 Å². The van der Waals surface area contributed by atoms with Crippen molar-refractivity contribution in [2.45, 2.75) is 39.6 Å². The van der Waals surface area contributed by atoms with Gasteiger partial charge in [-0.3, -0.25) is 9.78 Å². The van der Waals surface area contributed by atoms with Crippen molar-refractivity contribution in [1.82, 2.24) is 20.0 Å². The number of nitrogens with zero attached hydrogens (tertiary/aromatic N) is 3. The van der Waals surface area contributed by atoms with Crippen LogP contribution in [0.2, 0.25) is 0 Å². The number of aromatic amines is 1. The zero-order valence-electron chi connectivity index (χ0n) is 21.6. The lowest BCUT2D eigenvalue weighted by molar-refractivity contribution is 0.0508. The molecule has 0 aliphatic carbocycles. The molecule has 0 fully saturated rings. The van der Waals surface area contributed by atoms with Crippen molar-refractivity contribution in [3.63, 3.8) is 0 Å². The lowest BCUT2D eigenvalue weighted by Crippen LogP contribution is -2.08. The molecule has 4 aromatic rings. The number of aromatic nitrogens is 4. The molecule has 9 heteroatoms. The van der Waals surface area contributed by atoms with Crippen molar-refractivity contribution in [2.24, 2.45) is 0 Å². The monoisotopic (exact) mass is 568 g/mol. The van der Waals surface area contributed by atoms with E-state index in [2.05, 4.69) is 43.4 Å². The molecule has 2 aromatic carbocycles. The van der Waals surface area contributed by atoms with Gasteiger partial charge in [0.15, 0.2) is 5.69 Å². The summed E-state index contributed by atoms with van der Waals surface area (Å²) in [6, 6.07) is 20.3. The van der Waals surface area contributed by atoms with Crippen LogP contribution in [-0.2, 0) is 21.3 Å². The van der Waals surface area contributed by atoms with Crippen LogP contribution in [0.25, 0.3) is 0 Å². The summed E-state index contributed by atoms with van der Waals surface area (Å²) in [6.07, 6.45) is 3.45. The van der Waals surface area contributed by atoms with Crippen molar-refractivity contribution in [2.75, 3.05) is 13.2 Å². The van der Waals surface area contributed by atoms with E-state index in [0.29, 0.717) is 31.1 Å². The van der Waals surface area contributed by atoms with Gasteiger partial charge in [-0.15, -0.1) is 0 Å². The Morgan fingerprint density at radius 1 is 0.865 bits per heavy atom. The number of H-pyrrole nitrogens is 1. The fourth-order valence-electron chi connectivity index (χ4n) is 3.10. The molecular formula is C28H33BrN4O4. The summed E-state index contributed by atoms with van der Waals surface area (Å²) in [5, 5.41) is 11.5. The van der Waals surface area contributed by atoms with E-state index >= 15 is 0 Å². The Labute approximate surface area is 226 Å². The Kier molecular flexibility index (Phi) is 12.8. The molecule has 0 amide bonds. The van der Waals surface area contributed by atoms with Gasteiger partial charge in [0.05, 0.1) is 26.0 Å². The molecule has 8 nitrogen and oxygen atoms in total. The minimum atomic E-state index is -0.359. The van der Waals surface area contributed by atoms with Crippen molar-refractivity contribution < 1.29 is 19.1 Å². The van der Waals surface area contributed by atoms with E-state index in [0.717, 1.165) is 22.0 Å². The van der Waals surface area contributed by atoms with Crippen molar-refractivity contribution in [1.29, 1.82) is 0 Å². The topological polar surface area (TPSA) is 99.1 Å². The first-order chi connectivity index (χ1) is 17.9. The van der Waals surface area contributed by atoms with Crippen LogP contribution in [0.15, 0.2) is 73.1 Å². The lowest BCUT2D eigenvalue weighted by Gasteiger charge is -2.01. The summed E-state index contributed by atoms with van der Waals surface area (Å²) in [4.78, 5) is 22.7. The van der Waals surface area contributed by atoms with Gasteiger partial charge in [-0.05, 0) is 38.8 Å². The van der Waals surface area contributed by atoms with Gasteiger partial charge in [0.25, 0.3) is 0 Å². The van der Waals surface area contributed by atoms with Gasteiger partial charge in [0, 0.05) is 22.7 Å². The minimum Gasteiger partial charge on any atom is -0.461 e. The molecule has 0 aliphatic heterocycles. The molecule has 0 spiro atoms. The number of hydrogen-bond donors (Lipinski definition) is 1. The molecule has 0 saturated heterocycles. The number of carbonyl (C=O) groups excluding carboxylic acids is 2. The highest BCUT2D eigenvalue weighted by atomic mass is 79.9. The molecular weight excluding hydrogens is 536 g/mol. The van der Waals surface area contributed by atoms with Crippen LogP contribution in [-0.4, -0.2) is 45.1 Å². The number of esters is 2. The molecule has 196 valence electrons. The highest BCUT2D eigenvalue weighted by Gasteiger charge is 2.15. The zero-order valence-corrected chi connectivity index (χ0v) is 23.2. The third kappa shape index (κ3) is 10.0. The van der Waals surface area contributed by atoms with E-state index in [4.69, 9.17) is 9.47 Å². The second-order valence-corrected chi connectivity index (χ2v) is 8.39. The lowest BCUT2D eigenvalue weighted by atomic mass is 10.2. The molecule has 0 bridgehead atoms. The number of aryl methyl sites for hydroxylation is 2. The first kappa shape index (κ1) is 29.5. The third-order valence-electron chi connectivity index (χ3n) is 4.91.